The van der Waals surface area contributed by atoms with Crippen molar-refractivity contribution in [2.45, 2.75) is 18.9 Å². The van der Waals surface area contributed by atoms with Gasteiger partial charge in [-0.05, 0) is 42.8 Å². The van der Waals surface area contributed by atoms with E-state index in [0.717, 1.165) is 54.4 Å². The second kappa shape index (κ2) is 8.60. The summed E-state index contributed by atoms with van der Waals surface area (Å²) in [5.41, 5.74) is 2.13. The summed E-state index contributed by atoms with van der Waals surface area (Å²) in [6.07, 6.45) is 3.86. The van der Waals surface area contributed by atoms with Crippen molar-refractivity contribution in [3.05, 3.63) is 59.0 Å². The van der Waals surface area contributed by atoms with E-state index in [2.05, 4.69) is 70.9 Å². The SMILES string of the molecule is CN=C(NCCc1nnc2ccccn12)NC1CCN(c2ccc(Br)cc2)C1. The molecule has 8 heteroatoms. The van der Waals surface area contributed by atoms with Crippen LogP contribution < -0.4 is 15.5 Å². The highest BCUT2D eigenvalue weighted by atomic mass is 79.9. The average molecular weight is 442 g/mol. The maximum absolute atomic E-state index is 4.37. The van der Waals surface area contributed by atoms with Crippen molar-refractivity contribution in [3.8, 4) is 0 Å². The molecule has 1 aliphatic heterocycles. The molecule has 1 fully saturated rings. The van der Waals surface area contributed by atoms with Crippen molar-refractivity contribution >= 4 is 33.2 Å². The second-order valence-electron chi connectivity index (χ2n) is 6.85. The van der Waals surface area contributed by atoms with Gasteiger partial charge in [0.2, 0.25) is 0 Å². The molecule has 0 aliphatic carbocycles. The Morgan fingerprint density at radius 1 is 1.21 bits per heavy atom. The Labute approximate surface area is 173 Å². The first-order chi connectivity index (χ1) is 13.7. The summed E-state index contributed by atoms with van der Waals surface area (Å²) in [4.78, 5) is 6.77. The van der Waals surface area contributed by atoms with E-state index in [0.29, 0.717) is 6.04 Å². The van der Waals surface area contributed by atoms with E-state index in [-0.39, 0.29) is 0 Å². The van der Waals surface area contributed by atoms with Gasteiger partial charge in [-0.25, -0.2) is 0 Å². The zero-order valence-electron chi connectivity index (χ0n) is 15.8. The first kappa shape index (κ1) is 18.7. The third-order valence-electron chi connectivity index (χ3n) is 4.97. The molecule has 28 heavy (non-hydrogen) atoms. The van der Waals surface area contributed by atoms with E-state index in [4.69, 9.17) is 0 Å². The molecule has 0 saturated carbocycles. The van der Waals surface area contributed by atoms with Crippen LogP contribution in [0.4, 0.5) is 5.69 Å². The van der Waals surface area contributed by atoms with Crippen LogP contribution in [0.3, 0.4) is 0 Å². The van der Waals surface area contributed by atoms with Gasteiger partial charge in [0.15, 0.2) is 11.6 Å². The number of halogens is 1. The molecule has 3 heterocycles. The Hall–Kier alpha value is -2.61. The topological polar surface area (TPSA) is 69.8 Å². The summed E-state index contributed by atoms with van der Waals surface area (Å²) in [5.74, 6) is 1.78. The second-order valence-corrected chi connectivity index (χ2v) is 7.76. The van der Waals surface area contributed by atoms with E-state index in [1.54, 1.807) is 0 Å². The minimum atomic E-state index is 0.378. The van der Waals surface area contributed by atoms with Crippen molar-refractivity contribution in [3.63, 3.8) is 0 Å². The number of nitrogens with one attached hydrogen (secondary N) is 2. The van der Waals surface area contributed by atoms with Gasteiger partial charge < -0.3 is 15.5 Å². The van der Waals surface area contributed by atoms with E-state index in [1.807, 2.05) is 35.8 Å². The molecule has 7 nitrogen and oxygen atoms in total. The predicted molar refractivity (Wildman–Crippen MR) is 116 cm³/mol. The fraction of sp³-hybridized carbons (Fsp3) is 0.350. The molecule has 2 aromatic heterocycles. The summed E-state index contributed by atoms with van der Waals surface area (Å²) >= 11 is 3.49. The standard InChI is InChI=1S/C20H24BrN7/c1-22-20(23-11-9-19-26-25-18-4-2-3-12-28(18)19)24-16-10-13-27(14-16)17-7-5-15(21)6-8-17/h2-8,12,16H,9-11,13-14H2,1H3,(H2,22,23,24). The van der Waals surface area contributed by atoms with Gasteiger partial charge >= 0.3 is 0 Å². The zero-order chi connectivity index (χ0) is 19.3. The van der Waals surface area contributed by atoms with Gasteiger partial charge in [0.1, 0.15) is 5.82 Å². The highest BCUT2D eigenvalue weighted by Gasteiger charge is 2.23. The van der Waals surface area contributed by atoms with Crippen LogP contribution in [0.25, 0.3) is 5.65 Å². The van der Waals surface area contributed by atoms with Crippen LogP contribution in [-0.2, 0) is 6.42 Å². The Balaban J connectivity index is 1.27. The number of hydrogen-bond donors (Lipinski definition) is 2. The molecule has 4 rings (SSSR count). The number of hydrogen-bond acceptors (Lipinski definition) is 4. The van der Waals surface area contributed by atoms with Gasteiger partial charge in [0.25, 0.3) is 0 Å². The number of aromatic nitrogens is 3. The Morgan fingerprint density at radius 3 is 2.89 bits per heavy atom. The number of rotatable bonds is 5. The molecule has 3 aromatic rings. The smallest absolute Gasteiger partial charge is 0.191 e. The Bertz CT molecular complexity index is 951. The lowest BCUT2D eigenvalue weighted by atomic mass is 10.2. The summed E-state index contributed by atoms with van der Waals surface area (Å²) in [7, 11) is 1.81. The van der Waals surface area contributed by atoms with Gasteiger partial charge in [-0.1, -0.05) is 22.0 Å². The summed E-state index contributed by atoms with van der Waals surface area (Å²) < 4.78 is 3.13. The summed E-state index contributed by atoms with van der Waals surface area (Å²) in [6.45, 7) is 2.76. The molecule has 146 valence electrons. The first-order valence-corrected chi connectivity index (χ1v) is 10.3. The zero-order valence-corrected chi connectivity index (χ0v) is 17.4. The quantitative estimate of drug-likeness (QED) is 0.470. The lowest BCUT2D eigenvalue weighted by Gasteiger charge is -2.20. The molecule has 0 radical (unpaired) electrons. The summed E-state index contributed by atoms with van der Waals surface area (Å²) in [5, 5.41) is 15.4. The van der Waals surface area contributed by atoms with Crippen molar-refractivity contribution in [1.82, 2.24) is 25.2 Å². The van der Waals surface area contributed by atoms with Crippen LogP contribution in [0.2, 0.25) is 0 Å². The first-order valence-electron chi connectivity index (χ1n) is 9.49. The molecule has 0 spiro atoms. The molecular formula is C20H24BrN7. The predicted octanol–water partition coefficient (Wildman–Crippen LogP) is 2.48. The molecule has 1 unspecified atom stereocenters. The maximum Gasteiger partial charge on any atom is 0.191 e. The van der Waals surface area contributed by atoms with E-state index < -0.39 is 0 Å². The lowest BCUT2D eigenvalue weighted by molar-refractivity contribution is 0.646. The molecule has 0 bridgehead atoms. The van der Waals surface area contributed by atoms with Crippen LogP contribution in [-0.4, -0.2) is 53.3 Å². The van der Waals surface area contributed by atoms with Crippen LogP contribution in [0.1, 0.15) is 12.2 Å². The number of fused-ring (bicyclic) bond motifs is 1. The van der Waals surface area contributed by atoms with Gasteiger partial charge in [-0.2, -0.15) is 0 Å². The van der Waals surface area contributed by atoms with Crippen molar-refractivity contribution in [2.24, 2.45) is 4.99 Å². The molecule has 1 aliphatic rings. The monoisotopic (exact) mass is 441 g/mol. The van der Waals surface area contributed by atoms with Crippen LogP contribution >= 0.6 is 15.9 Å². The molecule has 0 amide bonds. The van der Waals surface area contributed by atoms with Crippen molar-refractivity contribution in [2.75, 3.05) is 31.6 Å². The van der Waals surface area contributed by atoms with Gasteiger partial charge in [-0.3, -0.25) is 9.39 Å². The number of pyridine rings is 1. The van der Waals surface area contributed by atoms with Crippen LogP contribution in [0, 0.1) is 0 Å². The number of benzene rings is 1. The number of nitrogens with zero attached hydrogens (tertiary/aromatic N) is 5. The average Bonchev–Trinajstić information content (AvgIpc) is 3.35. The summed E-state index contributed by atoms with van der Waals surface area (Å²) in [6, 6.07) is 14.8. The van der Waals surface area contributed by atoms with Crippen LogP contribution in [0.5, 0.6) is 0 Å². The highest BCUT2D eigenvalue weighted by molar-refractivity contribution is 9.10. The fourth-order valence-corrected chi connectivity index (χ4v) is 3.77. The Kier molecular flexibility index (Phi) is 5.76. The van der Waals surface area contributed by atoms with Crippen molar-refractivity contribution in [1.29, 1.82) is 0 Å². The largest absolute Gasteiger partial charge is 0.369 e. The minimum absolute atomic E-state index is 0.378. The highest BCUT2D eigenvalue weighted by Crippen LogP contribution is 2.22. The lowest BCUT2D eigenvalue weighted by Crippen LogP contribution is -2.45. The number of aliphatic imine (C=N–C) groups is 1. The van der Waals surface area contributed by atoms with E-state index in [1.165, 1.54) is 5.69 Å². The van der Waals surface area contributed by atoms with Gasteiger partial charge in [-0.15, -0.1) is 10.2 Å². The number of guanidine groups is 1. The third kappa shape index (κ3) is 4.27. The fourth-order valence-electron chi connectivity index (χ4n) is 3.51. The van der Waals surface area contributed by atoms with Crippen LogP contribution in [0.15, 0.2) is 58.1 Å². The molecule has 1 saturated heterocycles. The van der Waals surface area contributed by atoms with E-state index >= 15 is 0 Å². The number of anilines is 1. The molecule has 1 atom stereocenters. The molecule has 1 aromatic carbocycles. The molecule has 2 N–H and O–H groups in total. The maximum atomic E-state index is 4.37. The Morgan fingerprint density at radius 2 is 2.07 bits per heavy atom. The minimum Gasteiger partial charge on any atom is -0.369 e. The van der Waals surface area contributed by atoms with Gasteiger partial charge in [0, 0.05) is 55.5 Å². The van der Waals surface area contributed by atoms with E-state index in [9.17, 15) is 0 Å². The van der Waals surface area contributed by atoms with Crippen molar-refractivity contribution < 1.29 is 0 Å². The molecular weight excluding hydrogens is 418 g/mol. The normalized spacial score (nSPS) is 17.3. The van der Waals surface area contributed by atoms with Gasteiger partial charge in [0.05, 0.1) is 0 Å². The third-order valence-corrected chi connectivity index (χ3v) is 5.50.